The maximum absolute atomic E-state index is 5.37. The van der Waals surface area contributed by atoms with Crippen molar-refractivity contribution >= 4 is 174 Å². The summed E-state index contributed by atoms with van der Waals surface area (Å²) >= 11 is 0. The van der Waals surface area contributed by atoms with Crippen LogP contribution in [-0.2, 0) is 38.9 Å². The Morgan fingerprint density at radius 2 is 0.472 bits per heavy atom. The average Bonchev–Trinajstić information content (AvgIpc) is 1.55. The van der Waals surface area contributed by atoms with Gasteiger partial charge in [0, 0.05) is 112 Å². The molecule has 6 heterocycles. The number of aromatic nitrogens is 9. The van der Waals surface area contributed by atoms with Crippen molar-refractivity contribution in [2.75, 3.05) is 0 Å². The highest BCUT2D eigenvalue weighted by molar-refractivity contribution is 6.30. The van der Waals surface area contributed by atoms with E-state index in [1.54, 1.807) is 0 Å². The first-order chi connectivity index (χ1) is 70.3. The fourth-order valence-electron chi connectivity index (χ4n) is 22.4. The number of hydrogen-bond donors (Lipinski definition) is 0. The van der Waals surface area contributed by atoms with Crippen LogP contribution >= 0.6 is 0 Å². The quantitative estimate of drug-likeness (QED) is 0.154. The molecule has 0 atom stereocenters. The normalized spacial score (nSPS) is 11.4. The predicted molar refractivity (Wildman–Crippen MR) is 618 cm³/mol. The number of aryl methyl sites for hydroxylation is 3. The Kier molecular flexibility index (Phi) is 30.0. The summed E-state index contributed by atoms with van der Waals surface area (Å²) in [5, 5.41) is 28.9. The third kappa shape index (κ3) is 16.6. The number of benzene rings is 19. The lowest BCUT2D eigenvalue weighted by Gasteiger charge is -2.15. The second-order valence-corrected chi connectivity index (χ2v) is 34.0. The van der Waals surface area contributed by atoms with Crippen molar-refractivity contribution in [1.29, 1.82) is 0 Å². The molecule has 0 aliphatic heterocycles. The minimum absolute atomic E-state index is 0.600. The molecule has 708 valence electrons. The number of rotatable bonds is 6. The van der Waals surface area contributed by atoms with E-state index in [9.17, 15) is 0 Å². The lowest BCUT2D eigenvalue weighted by atomic mass is 9.94. The van der Waals surface area contributed by atoms with Crippen LogP contribution in [0.25, 0.3) is 207 Å². The summed E-state index contributed by atoms with van der Waals surface area (Å²) in [6.45, 7) is 44.2. The van der Waals surface area contributed by atoms with E-state index in [1.807, 2.05) is 125 Å². The van der Waals surface area contributed by atoms with E-state index < -0.39 is 0 Å². The predicted octanol–water partition coefficient (Wildman–Crippen LogP) is 37.3. The van der Waals surface area contributed by atoms with Crippen molar-refractivity contribution in [3.63, 3.8) is 0 Å². The highest BCUT2D eigenvalue weighted by Gasteiger charge is 2.33. The molecular weight excluding hydrogens is 1720 g/mol. The Labute approximate surface area is 836 Å². The standard InChI is InChI=1S/C41H27N3.2C37H25N3.9C2H6/c1-24-37-29-16-6-4-14-27(29)28-15-5-9-19-32(28)40(37)43-36(42-24)23-44-35-21-11-10-20-33(35)39-31-18-8-7-17-30(31)38-26-13-3-2-12-25(26)22-34(38)41(39)44;1-22-25-19-18-23-10-2-5-13-27(23)36(25)39-33(38-22)21-40-32-17-9-8-16-30(32)35-29-15-7-6-14-28(29)34-26-12-4-3-11-24(26)20-31(34)37(35)40;1-22-34-25-12-4-2-10-23(25)18-19-31(34)39-33(38-22)21-40-32-17-9-8-16-29(32)36-28-15-7-6-14-27(28)35-26-13-5-3-11-24(26)20-30(35)37(36)40;9*1-2/h2-21H,22-23H2,1H3;2*2-19H,20-21H2,1H3;9*1-2H3. The summed E-state index contributed by atoms with van der Waals surface area (Å²) in [6.07, 6.45) is 2.80. The molecule has 9 nitrogen and oxygen atoms in total. The van der Waals surface area contributed by atoms with E-state index >= 15 is 0 Å². The molecule has 28 rings (SSSR count). The highest BCUT2D eigenvalue weighted by Crippen LogP contribution is 2.53. The van der Waals surface area contributed by atoms with Crippen molar-refractivity contribution in [1.82, 2.24) is 43.6 Å². The number of hydrogen-bond acceptors (Lipinski definition) is 6. The van der Waals surface area contributed by atoms with Crippen LogP contribution in [0.3, 0.4) is 0 Å². The molecule has 0 unspecified atom stereocenters. The first kappa shape index (κ1) is 98.0. The summed E-state index contributed by atoms with van der Waals surface area (Å²) in [4.78, 5) is 31.1. The van der Waals surface area contributed by atoms with Crippen LogP contribution in [0.2, 0.25) is 0 Å². The molecule has 142 heavy (non-hydrogen) atoms. The van der Waals surface area contributed by atoms with Crippen LogP contribution in [0, 0.1) is 20.8 Å². The van der Waals surface area contributed by atoms with Gasteiger partial charge < -0.3 is 13.7 Å². The molecule has 25 aromatic rings. The zero-order valence-electron chi connectivity index (χ0n) is 86.6. The Morgan fingerprint density at radius 3 is 0.873 bits per heavy atom. The van der Waals surface area contributed by atoms with Crippen LogP contribution in [0.15, 0.2) is 340 Å². The molecule has 6 aromatic heterocycles. The van der Waals surface area contributed by atoms with E-state index in [4.69, 9.17) is 29.9 Å². The summed E-state index contributed by atoms with van der Waals surface area (Å²) in [5.41, 5.74) is 30.4. The first-order valence-electron chi connectivity index (χ1n) is 52.2. The first-order valence-corrected chi connectivity index (χ1v) is 52.2. The van der Waals surface area contributed by atoms with Gasteiger partial charge in [-0.05, 0) is 176 Å². The lowest BCUT2D eigenvalue weighted by Crippen LogP contribution is -2.07. The van der Waals surface area contributed by atoms with Gasteiger partial charge in [-0.25, -0.2) is 29.9 Å². The van der Waals surface area contributed by atoms with Gasteiger partial charge in [0.1, 0.15) is 17.5 Å². The van der Waals surface area contributed by atoms with E-state index in [1.165, 1.54) is 208 Å². The molecule has 0 saturated carbocycles. The molecule has 19 aromatic carbocycles. The molecule has 0 bridgehead atoms. The maximum Gasteiger partial charge on any atom is 0.148 e. The monoisotopic (exact) mass is 1850 g/mol. The maximum atomic E-state index is 5.37. The molecule has 0 amide bonds. The van der Waals surface area contributed by atoms with Crippen LogP contribution in [-0.4, -0.2) is 43.6 Å². The van der Waals surface area contributed by atoms with Gasteiger partial charge in [-0.15, -0.1) is 0 Å². The topological polar surface area (TPSA) is 92.1 Å². The third-order valence-corrected chi connectivity index (χ3v) is 27.4. The zero-order valence-corrected chi connectivity index (χ0v) is 86.6. The number of fused-ring (bicyclic) bond motifs is 42. The average molecular weight is 1860 g/mol. The second kappa shape index (κ2) is 43.4. The van der Waals surface area contributed by atoms with Crippen LogP contribution < -0.4 is 0 Å². The molecule has 9 heteroatoms. The van der Waals surface area contributed by atoms with Crippen LogP contribution in [0.4, 0.5) is 0 Å². The largest absolute Gasteiger partial charge is 0.332 e. The van der Waals surface area contributed by atoms with Gasteiger partial charge in [0.05, 0.1) is 52.7 Å². The molecule has 0 saturated heterocycles. The summed E-state index contributed by atoms with van der Waals surface area (Å²) in [5.74, 6) is 2.54. The smallest absolute Gasteiger partial charge is 0.148 e. The summed E-state index contributed by atoms with van der Waals surface area (Å²) in [7, 11) is 0. The van der Waals surface area contributed by atoms with Gasteiger partial charge in [-0.1, -0.05) is 440 Å². The van der Waals surface area contributed by atoms with Crippen LogP contribution in [0.5, 0.6) is 0 Å². The van der Waals surface area contributed by atoms with Gasteiger partial charge in [-0.2, -0.15) is 0 Å². The SMILES string of the molecule is CC.CC.CC.CC.CC.CC.CC.CC.CC.Cc1nc(Cn2c3ccccc3c3c4ccccc4c4c(c32)Cc2ccccc2-4)nc2c1ccc1ccccc12.Cc1nc(Cn2c3ccccc3c3c4ccccc4c4c(c32)Cc2ccccc2-4)nc2c3ccccc3c3ccccc3c12.Cc1nc(Cn2c3ccccc3c3c4ccccc4c4c(c32)Cc2ccccc2-4)nc2ccc3ccccc3c12. The van der Waals surface area contributed by atoms with Gasteiger partial charge in [0.2, 0.25) is 0 Å². The molecule has 0 fully saturated rings. The third-order valence-electron chi connectivity index (χ3n) is 27.4. The lowest BCUT2D eigenvalue weighted by molar-refractivity contribution is 0.794. The minimum atomic E-state index is 0.600. The van der Waals surface area contributed by atoms with Crippen molar-refractivity contribution in [3.05, 3.63) is 408 Å². The molecule has 3 aliphatic carbocycles. The highest BCUT2D eigenvalue weighted by atomic mass is 15.1. The van der Waals surface area contributed by atoms with Gasteiger partial charge in [0.15, 0.2) is 0 Å². The molecule has 0 N–H and O–H groups in total. The molecule has 3 aliphatic rings. The van der Waals surface area contributed by atoms with E-state index in [0.717, 1.165) is 86.5 Å². The fourth-order valence-corrected chi connectivity index (χ4v) is 22.4. The van der Waals surface area contributed by atoms with Crippen molar-refractivity contribution in [2.24, 2.45) is 0 Å². The molecule has 0 spiro atoms. The Hall–Kier alpha value is -15.6. The van der Waals surface area contributed by atoms with Crippen LogP contribution in [0.1, 0.15) is 193 Å². The Bertz CT molecular complexity index is 9010. The number of nitrogens with zero attached hydrogens (tertiary/aromatic N) is 9. The molecular formula is C133H131N9. The number of para-hydroxylation sites is 3. The van der Waals surface area contributed by atoms with E-state index in [-0.39, 0.29) is 0 Å². The Morgan fingerprint density at radius 1 is 0.197 bits per heavy atom. The molecule has 0 radical (unpaired) electrons. The van der Waals surface area contributed by atoms with Crippen molar-refractivity contribution < 1.29 is 0 Å². The Balaban J connectivity index is 0.000000136. The summed E-state index contributed by atoms with van der Waals surface area (Å²) < 4.78 is 7.45. The van der Waals surface area contributed by atoms with Gasteiger partial charge in [-0.3, -0.25) is 0 Å². The zero-order chi connectivity index (χ0) is 99.7. The minimum Gasteiger partial charge on any atom is -0.332 e. The van der Waals surface area contributed by atoms with Crippen molar-refractivity contribution in [2.45, 2.75) is 184 Å². The summed E-state index contributed by atoms with van der Waals surface area (Å²) in [6, 6.07) is 123. The van der Waals surface area contributed by atoms with Gasteiger partial charge in [0.25, 0.3) is 0 Å². The van der Waals surface area contributed by atoms with E-state index in [0.29, 0.717) is 19.6 Å². The second-order valence-electron chi connectivity index (χ2n) is 34.0. The van der Waals surface area contributed by atoms with Crippen molar-refractivity contribution in [3.8, 4) is 33.4 Å². The van der Waals surface area contributed by atoms with Gasteiger partial charge >= 0.3 is 0 Å². The van der Waals surface area contributed by atoms with E-state index in [2.05, 4.69) is 374 Å². The fraction of sp³-hybridized carbons (Fsp3) is 0.203.